The van der Waals surface area contributed by atoms with E-state index in [0.717, 1.165) is 5.57 Å². The van der Waals surface area contributed by atoms with Crippen molar-refractivity contribution in [3.05, 3.63) is 11.6 Å². The Morgan fingerprint density at radius 3 is 3.00 bits per heavy atom. The maximum absolute atomic E-state index is 11.2. The standard InChI is InChI=1S/C10H14O3/c1-5-3-9-7(4-8(5)11)6(2)10(12)13-9/h3,6-9,11H,4H2,1-2H3/t6-,7-,8-,9-/m1/s1. The summed E-state index contributed by atoms with van der Waals surface area (Å²) in [7, 11) is 0. The number of rotatable bonds is 0. The van der Waals surface area contributed by atoms with Gasteiger partial charge in [-0.25, -0.2) is 0 Å². The first-order valence-corrected chi connectivity index (χ1v) is 4.66. The summed E-state index contributed by atoms with van der Waals surface area (Å²) in [6.45, 7) is 3.74. The highest BCUT2D eigenvalue weighted by Crippen LogP contribution is 2.37. The predicted octanol–water partition coefficient (Wildman–Crippen LogP) is 0.875. The molecule has 0 aromatic rings. The van der Waals surface area contributed by atoms with Crippen LogP contribution in [0, 0.1) is 11.8 Å². The number of carbonyl (C=O) groups excluding carboxylic acids is 1. The van der Waals surface area contributed by atoms with Gasteiger partial charge in [-0.3, -0.25) is 4.79 Å². The van der Waals surface area contributed by atoms with Crippen LogP contribution in [0.2, 0.25) is 0 Å². The van der Waals surface area contributed by atoms with Gasteiger partial charge in [0, 0.05) is 5.92 Å². The fourth-order valence-electron chi connectivity index (χ4n) is 2.10. The molecule has 1 heterocycles. The molecule has 0 radical (unpaired) electrons. The number of fused-ring (bicyclic) bond motifs is 1. The molecule has 2 rings (SSSR count). The average Bonchev–Trinajstić information content (AvgIpc) is 2.32. The highest BCUT2D eigenvalue weighted by molar-refractivity contribution is 5.75. The Balaban J connectivity index is 2.25. The van der Waals surface area contributed by atoms with Crippen LogP contribution in [-0.4, -0.2) is 23.3 Å². The molecule has 3 nitrogen and oxygen atoms in total. The predicted molar refractivity (Wildman–Crippen MR) is 46.9 cm³/mol. The van der Waals surface area contributed by atoms with Gasteiger partial charge in [-0.05, 0) is 25.0 Å². The van der Waals surface area contributed by atoms with Crippen LogP contribution in [0.3, 0.4) is 0 Å². The summed E-state index contributed by atoms with van der Waals surface area (Å²) in [4.78, 5) is 11.2. The van der Waals surface area contributed by atoms with Gasteiger partial charge in [0.15, 0.2) is 0 Å². The van der Waals surface area contributed by atoms with Crippen molar-refractivity contribution in [1.82, 2.24) is 0 Å². The van der Waals surface area contributed by atoms with E-state index in [9.17, 15) is 9.90 Å². The van der Waals surface area contributed by atoms with Crippen LogP contribution in [0.25, 0.3) is 0 Å². The maximum atomic E-state index is 11.2. The largest absolute Gasteiger partial charge is 0.458 e. The molecule has 0 aromatic carbocycles. The van der Waals surface area contributed by atoms with E-state index >= 15 is 0 Å². The minimum Gasteiger partial charge on any atom is -0.458 e. The molecule has 13 heavy (non-hydrogen) atoms. The van der Waals surface area contributed by atoms with E-state index < -0.39 is 6.10 Å². The first kappa shape index (κ1) is 8.75. The quantitative estimate of drug-likeness (QED) is 0.446. The van der Waals surface area contributed by atoms with E-state index in [1.54, 1.807) is 0 Å². The molecule has 1 N–H and O–H groups in total. The van der Waals surface area contributed by atoms with Crippen molar-refractivity contribution in [2.45, 2.75) is 32.5 Å². The van der Waals surface area contributed by atoms with E-state index in [4.69, 9.17) is 4.74 Å². The molecule has 0 aromatic heterocycles. The third-order valence-corrected chi connectivity index (χ3v) is 3.14. The molecule has 1 aliphatic carbocycles. The topological polar surface area (TPSA) is 46.5 Å². The maximum Gasteiger partial charge on any atom is 0.309 e. The summed E-state index contributed by atoms with van der Waals surface area (Å²) in [6, 6.07) is 0. The molecular weight excluding hydrogens is 168 g/mol. The lowest BCUT2D eigenvalue weighted by Crippen LogP contribution is -2.29. The molecule has 1 fully saturated rings. The summed E-state index contributed by atoms with van der Waals surface area (Å²) in [5.41, 5.74) is 0.920. The Kier molecular flexibility index (Phi) is 1.91. The highest BCUT2D eigenvalue weighted by atomic mass is 16.6. The van der Waals surface area contributed by atoms with Crippen molar-refractivity contribution in [2.75, 3.05) is 0 Å². The van der Waals surface area contributed by atoms with E-state index in [2.05, 4.69) is 0 Å². The minimum atomic E-state index is -0.391. The molecule has 72 valence electrons. The van der Waals surface area contributed by atoms with Gasteiger partial charge < -0.3 is 9.84 Å². The number of ether oxygens (including phenoxy) is 1. The van der Waals surface area contributed by atoms with Gasteiger partial charge in [-0.2, -0.15) is 0 Å². The lowest BCUT2D eigenvalue weighted by molar-refractivity contribution is -0.142. The fourth-order valence-corrected chi connectivity index (χ4v) is 2.10. The summed E-state index contributed by atoms with van der Waals surface area (Å²) in [5, 5.41) is 9.59. The lowest BCUT2D eigenvalue weighted by Gasteiger charge is -2.26. The molecule has 2 aliphatic rings. The number of hydrogen-bond acceptors (Lipinski definition) is 3. The number of aliphatic hydroxyl groups excluding tert-OH is 1. The minimum absolute atomic E-state index is 0.0657. The smallest absolute Gasteiger partial charge is 0.309 e. The van der Waals surface area contributed by atoms with E-state index in [-0.39, 0.29) is 23.9 Å². The zero-order chi connectivity index (χ0) is 9.59. The van der Waals surface area contributed by atoms with Crippen LogP contribution in [-0.2, 0) is 9.53 Å². The number of aliphatic hydroxyl groups is 1. The van der Waals surface area contributed by atoms with Crippen molar-refractivity contribution >= 4 is 5.97 Å². The lowest BCUT2D eigenvalue weighted by atomic mass is 9.80. The molecule has 3 heteroatoms. The van der Waals surface area contributed by atoms with E-state index in [1.807, 2.05) is 19.9 Å². The summed E-state index contributed by atoms with van der Waals surface area (Å²) in [6.07, 6.45) is 2.05. The molecule has 0 bridgehead atoms. The Hall–Kier alpha value is -0.830. The Bertz CT molecular complexity index is 269. The van der Waals surface area contributed by atoms with Gasteiger partial charge in [0.1, 0.15) is 6.10 Å². The van der Waals surface area contributed by atoms with Crippen molar-refractivity contribution in [1.29, 1.82) is 0 Å². The van der Waals surface area contributed by atoms with Crippen molar-refractivity contribution < 1.29 is 14.6 Å². The van der Waals surface area contributed by atoms with Crippen LogP contribution < -0.4 is 0 Å². The van der Waals surface area contributed by atoms with E-state index in [1.165, 1.54) is 0 Å². The molecule has 1 aliphatic heterocycles. The summed E-state index contributed by atoms with van der Waals surface area (Å²) in [5.74, 6) is -0.0247. The molecule has 0 spiro atoms. The number of hydrogen-bond donors (Lipinski definition) is 1. The van der Waals surface area contributed by atoms with Crippen LogP contribution in [0.5, 0.6) is 0 Å². The molecule has 0 saturated carbocycles. The highest BCUT2D eigenvalue weighted by Gasteiger charge is 2.43. The third-order valence-electron chi connectivity index (χ3n) is 3.14. The summed E-state index contributed by atoms with van der Waals surface area (Å²) >= 11 is 0. The second-order valence-corrected chi connectivity index (χ2v) is 4.02. The van der Waals surface area contributed by atoms with Crippen molar-refractivity contribution in [3.8, 4) is 0 Å². The number of esters is 1. The monoisotopic (exact) mass is 182 g/mol. The molecular formula is C10H14O3. The Labute approximate surface area is 77.4 Å². The summed E-state index contributed by atoms with van der Waals surface area (Å²) < 4.78 is 5.17. The van der Waals surface area contributed by atoms with Gasteiger partial charge in [-0.15, -0.1) is 0 Å². The third kappa shape index (κ3) is 1.27. The zero-order valence-corrected chi connectivity index (χ0v) is 7.86. The van der Waals surface area contributed by atoms with Gasteiger partial charge in [0.25, 0.3) is 0 Å². The van der Waals surface area contributed by atoms with Crippen LogP contribution >= 0.6 is 0 Å². The molecule has 0 amide bonds. The fraction of sp³-hybridized carbons (Fsp3) is 0.700. The van der Waals surface area contributed by atoms with Crippen LogP contribution in [0.4, 0.5) is 0 Å². The average molecular weight is 182 g/mol. The van der Waals surface area contributed by atoms with Gasteiger partial charge in [0.2, 0.25) is 0 Å². The van der Waals surface area contributed by atoms with Gasteiger partial charge in [0.05, 0.1) is 12.0 Å². The van der Waals surface area contributed by atoms with Gasteiger partial charge in [-0.1, -0.05) is 6.92 Å². The molecule has 0 unspecified atom stereocenters. The second-order valence-electron chi connectivity index (χ2n) is 4.02. The Morgan fingerprint density at radius 1 is 1.62 bits per heavy atom. The van der Waals surface area contributed by atoms with Crippen LogP contribution in [0.15, 0.2) is 11.6 Å². The zero-order valence-electron chi connectivity index (χ0n) is 7.86. The number of carbonyl (C=O) groups is 1. The first-order chi connectivity index (χ1) is 6.09. The molecule has 4 atom stereocenters. The SMILES string of the molecule is CC1=C[C@H]2OC(=O)[C@H](C)[C@H]2C[C@H]1O. The second kappa shape index (κ2) is 2.84. The van der Waals surface area contributed by atoms with Crippen molar-refractivity contribution in [3.63, 3.8) is 0 Å². The first-order valence-electron chi connectivity index (χ1n) is 4.66. The Morgan fingerprint density at radius 2 is 2.31 bits per heavy atom. The molecule has 1 saturated heterocycles. The van der Waals surface area contributed by atoms with E-state index in [0.29, 0.717) is 6.42 Å². The van der Waals surface area contributed by atoms with Crippen molar-refractivity contribution in [2.24, 2.45) is 11.8 Å². The normalized spacial score (nSPS) is 43.9. The van der Waals surface area contributed by atoms with Gasteiger partial charge >= 0.3 is 5.97 Å². The van der Waals surface area contributed by atoms with Crippen LogP contribution in [0.1, 0.15) is 20.3 Å².